The van der Waals surface area contributed by atoms with Gasteiger partial charge in [-0.15, -0.1) is 0 Å². The highest BCUT2D eigenvalue weighted by molar-refractivity contribution is 6.30. The quantitative estimate of drug-likeness (QED) is 0.865. The number of benzene rings is 1. The third-order valence-electron chi connectivity index (χ3n) is 2.57. The molecule has 0 aromatic heterocycles. The number of rotatable bonds is 6. The molecule has 0 aliphatic heterocycles. The van der Waals surface area contributed by atoms with Gasteiger partial charge in [0.1, 0.15) is 0 Å². The fourth-order valence-electron chi connectivity index (χ4n) is 1.62. The van der Waals surface area contributed by atoms with Gasteiger partial charge in [-0.1, -0.05) is 23.7 Å². The largest absolute Gasteiger partial charge is 0.453 e. The second-order valence-corrected chi connectivity index (χ2v) is 4.39. The Kier molecular flexibility index (Phi) is 6.54. The lowest BCUT2D eigenvalue weighted by atomic mass is 10.1. The molecule has 100 valence electrons. The Morgan fingerprint density at radius 1 is 1.33 bits per heavy atom. The zero-order chi connectivity index (χ0) is 13.4. The Bertz CT molecular complexity index is 367. The number of carbonyl (C=O) groups is 1. The summed E-state index contributed by atoms with van der Waals surface area (Å²) in [5, 5.41) is 3.46. The number of carbonyl (C=O) groups excluding carboxylic acids is 1. The number of amides is 1. The van der Waals surface area contributed by atoms with Crippen LogP contribution in [0.4, 0.5) is 4.79 Å². The zero-order valence-corrected chi connectivity index (χ0v) is 11.4. The van der Waals surface area contributed by atoms with Crippen molar-refractivity contribution in [2.24, 2.45) is 0 Å². The molecule has 0 saturated heterocycles. The highest BCUT2D eigenvalue weighted by Gasteiger charge is 2.12. The minimum absolute atomic E-state index is 0.0573. The van der Waals surface area contributed by atoms with Crippen LogP contribution in [0.2, 0.25) is 5.02 Å². The first-order valence-corrected chi connectivity index (χ1v) is 6.11. The van der Waals surface area contributed by atoms with E-state index >= 15 is 0 Å². The Morgan fingerprint density at radius 2 is 2.00 bits per heavy atom. The Hall–Kier alpha value is -1.26. The number of hydrogen-bond donors (Lipinski definition) is 1. The van der Waals surface area contributed by atoms with Crippen molar-refractivity contribution in [3.8, 4) is 0 Å². The molecule has 18 heavy (non-hydrogen) atoms. The van der Waals surface area contributed by atoms with Crippen molar-refractivity contribution in [3.63, 3.8) is 0 Å². The van der Waals surface area contributed by atoms with E-state index in [1.165, 1.54) is 12.7 Å². The van der Waals surface area contributed by atoms with Gasteiger partial charge in [0.05, 0.1) is 19.8 Å². The van der Waals surface area contributed by atoms with Crippen LogP contribution in [0.15, 0.2) is 24.3 Å². The standard InChI is InChI=1S/C13H18ClNO3/c1-17-9-12(15-13(16)18-2)8-5-10-3-6-11(14)7-4-10/h3-4,6-7,12H,5,8-9H2,1-2H3,(H,15,16)/t12-/m0/s1. The van der Waals surface area contributed by atoms with Gasteiger partial charge in [0.15, 0.2) is 0 Å². The van der Waals surface area contributed by atoms with E-state index in [0.717, 1.165) is 17.9 Å². The maximum absolute atomic E-state index is 11.1. The molecule has 0 aliphatic carbocycles. The van der Waals surface area contributed by atoms with E-state index in [9.17, 15) is 4.79 Å². The third kappa shape index (κ3) is 5.38. The zero-order valence-electron chi connectivity index (χ0n) is 10.6. The topological polar surface area (TPSA) is 47.6 Å². The predicted molar refractivity (Wildman–Crippen MR) is 71.0 cm³/mol. The minimum atomic E-state index is -0.437. The van der Waals surface area contributed by atoms with E-state index in [-0.39, 0.29) is 6.04 Å². The van der Waals surface area contributed by atoms with E-state index in [4.69, 9.17) is 16.3 Å². The number of alkyl carbamates (subject to hydrolysis) is 1. The van der Waals surface area contributed by atoms with E-state index in [0.29, 0.717) is 6.61 Å². The minimum Gasteiger partial charge on any atom is -0.453 e. The maximum Gasteiger partial charge on any atom is 0.407 e. The van der Waals surface area contributed by atoms with Gasteiger partial charge in [-0.05, 0) is 30.5 Å². The molecule has 0 radical (unpaired) electrons. The Morgan fingerprint density at radius 3 is 2.56 bits per heavy atom. The molecule has 1 aromatic carbocycles. The molecular weight excluding hydrogens is 254 g/mol. The van der Waals surface area contributed by atoms with Crippen LogP contribution in [0.25, 0.3) is 0 Å². The van der Waals surface area contributed by atoms with Crippen LogP contribution < -0.4 is 5.32 Å². The molecule has 0 spiro atoms. The van der Waals surface area contributed by atoms with Crippen molar-refractivity contribution >= 4 is 17.7 Å². The molecule has 0 unspecified atom stereocenters. The van der Waals surface area contributed by atoms with Crippen molar-refractivity contribution in [1.82, 2.24) is 5.32 Å². The molecule has 1 rings (SSSR count). The molecule has 1 atom stereocenters. The van der Waals surface area contributed by atoms with Crippen LogP contribution in [0, 0.1) is 0 Å². The third-order valence-corrected chi connectivity index (χ3v) is 2.82. The summed E-state index contributed by atoms with van der Waals surface area (Å²) in [6.45, 7) is 0.461. The fourth-order valence-corrected chi connectivity index (χ4v) is 1.74. The van der Waals surface area contributed by atoms with Gasteiger partial charge in [0, 0.05) is 12.1 Å². The molecule has 0 aliphatic rings. The molecule has 5 heteroatoms. The molecule has 0 heterocycles. The van der Waals surface area contributed by atoms with Crippen LogP contribution >= 0.6 is 11.6 Å². The first kappa shape index (κ1) is 14.8. The lowest BCUT2D eigenvalue weighted by Crippen LogP contribution is -2.38. The number of hydrogen-bond acceptors (Lipinski definition) is 3. The lowest BCUT2D eigenvalue weighted by Gasteiger charge is -2.17. The van der Waals surface area contributed by atoms with Gasteiger partial charge >= 0.3 is 6.09 Å². The van der Waals surface area contributed by atoms with Crippen molar-refractivity contribution in [3.05, 3.63) is 34.9 Å². The first-order valence-electron chi connectivity index (χ1n) is 5.73. The van der Waals surface area contributed by atoms with Crippen LogP contribution in [0.3, 0.4) is 0 Å². The monoisotopic (exact) mass is 271 g/mol. The fraction of sp³-hybridized carbons (Fsp3) is 0.462. The summed E-state index contributed by atoms with van der Waals surface area (Å²) < 4.78 is 9.64. The van der Waals surface area contributed by atoms with Crippen molar-refractivity contribution < 1.29 is 14.3 Å². The summed E-state index contributed by atoms with van der Waals surface area (Å²) in [6.07, 6.45) is 1.19. The SMILES string of the molecule is COC[C@H](CCc1ccc(Cl)cc1)NC(=O)OC. The van der Waals surface area contributed by atoms with Crippen molar-refractivity contribution in [1.29, 1.82) is 0 Å². The van der Waals surface area contributed by atoms with Gasteiger partial charge in [0.25, 0.3) is 0 Å². The van der Waals surface area contributed by atoms with Gasteiger partial charge in [0.2, 0.25) is 0 Å². The Balaban J connectivity index is 2.45. The van der Waals surface area contributed by atoms with Crippen LogP contribution in [0.5, 0.6) is 0 Å². The number of halogens is 1. The maximum atomic E-state index is 11.1. The summed E-state index contributed by atoms with van der Waals surface area (Å²) in [5.41, 5.74) is 1.17. The van der Waals surface area contributed by atoms with Crippen molar-refractivity contribution in [2.45, 2.75) is 18.9 Å². The van der Waals surface area contributed by atoms with Gasteiger partial charge in [-0.25, -0.2) is 4.79 Å². The van der Waals surface area contributed by atoms with E-state index in [1.807, 2.05) is 24.3 Å². The first-order chi connectivity index (χ1) is 8.65. The summed E-state index contributed by atoms with van der Waals surface area (Å²) in [4.78, 5) is 11.1. The summed E-state index contributed by atoms with van der Waals surface area (Å²) in [5.74, 6) is 0. The average molecular weight is 272 g/mol. The number of ether oxygens (including phenoxy) is 2. The van der Waals surface area contributed by atoms with Gasteiger partial charge < -0.3 is 14.8 Å². The number of aryl methyl sites for hydroxylation is 1. The van der Waals surface area contributed by atoms with Gasteiger partial charge in [-0.2, -0.15) is 0 Å². The second kappa shape index (κ2) is 7.95. The second-order valence-electron chi connectivity index (χ2n) is 3.95. The summed E-state index contributed by atoms with van der Waals surface area (Å²) in [7, 11) is 2.95. The van der Waals surface area contributed by atoms with E-state index in [1.54, 1.807) is 7.11 Å². The molecule has 1 N–H and O–H groups in total. The molecular formula is C13H18ClNO3. The molecule has 0 fully saturated rings. The normalized spacial score (nSPS) is 11.9. The van der Waals surface area contributed by atoms with E-state index < -0.39 is 6.09 Å². The molecule has 0 bridgehead atoms. The van der Waals surface area contributed by atoms with Crippen LogP contribution in [0.1, 0.15) is 12.0 Å². The van der Waals surface area contributed by atoms with Crippen LogP contribution in [-0.4, -0.2) is 33.0 Å². The number of nitrogens with one attached hydrogen (secondary N) is 1. The van der Waals surface area contributed by atoms with Gasteiger partial charge in [-0.3, -0.25) is 0 Å². The van der Waals surface area contributed by atoms with Crippen LogP contribution in [-0.2, 0) is 15.9 Å². The van der Waals surface area contributed by atoms with E-state index in [2.05, 4.69) is 10.1 Å². The summed E-state index contributed by atoms with van der Waals surface area (Å²) in [6, 6.07) is 7.61. The Labute approximate surface area is 112 Å². The predicted octanol–water partition coefficient (Wildman–Crippen LogP) is 2.64. The molecule has 1 amide bonds. The molecule has 1 aromatic rings. The number of methoxy groups -OCH3 is 2. The highest BCUT2D eigenvalue weighted by Crippen LogP contribution is 2.12. The average Bonchev–Trinajstić information content (AvgIpc) is 2.38. The molecule has 0 saturated carbocycles. The summed E-state index contributed by atoms with van der Waals surface area (Å²) >= 11 is 5.82. The lowest BCUT2D eigenvalue weighted by molar-refractivity contribution is 0.138. The smallest absolute Gasteiger partial charge is 0.407 e. The van der Waals surface area contributed by atoms with Crippen molar-refractivity contribution in [2.75, 3.05) is 20.8 Å². The molecule has 4 nitrogen and oxygen atoms in total. The highest BCUT2D eigenvalue weighted by atomic mass is 35.5.